The Balaban J connectivity index is 1.79. The Morgan fingerprint density at radius 1 is 0.963 bits per heavy atom. The lowest BCUT2D eigenvalue weighted by molar-refractivity contribution is 0.0694. The fourth-order valence-electron chi connectivity index (χ4n) is 3.58. The van der Waals surface area contributed by atoms with Gasteiger partial charge >= 0.3 is 0 Å². The highest BCUT2D eigenvalue weighted by Crippen LogP contribution is 2.36. The lowest BCUT2D eigenvalue weighted by Crippen LogP contribution is -2.40. The third-order valence-electron chi connectivity index (χ3n) is 4.90. The number of carbonyl (C=O) groups is 1. The van der Waals surface area contributed by atoms with Crippen LogP contribution in [0.5, 0.6) is 0 Å². The summed E-state index contributed by atoms with van der Waals surface area (Å²) < 4.78 is 26.9. The first-order valence-corrected chi connectivity index (χ1v) is 9.01. The van der Waals surface area contributed by atoms with Gasteiger partial charge in [-0.2, -0.15) is 0 Å². The normalized spacial score (nSPS) is 16.1. The van der Waals surface area contributed by atoms with E-state index < -0.39 is 11.6 Å². The van der Waals surface area contributed by atoms with Crippen molar-refractivity contribution in [3.63, 3.8) is 0 Å². The predicted molar refractivity (Wildman–Crippen MR) is 101 cm³/mol. The molecule has 3 aromatic carbocycles. The minimum atomic E-state index is -1.03. The first kappa shape index (κ1) is 17.7. The Kier molecular flexibility index (Phi) is 4.66. The maximum atomic E-state index is 13.6. The second-order valence-corrected chi connectivity index (χ2v) is 6.97. The van der Waals surface area contributed by atoms with E-state index in [2.05, 4.69) is 6.07 Å². The van der Waals surface area contributed by atoms with Crippen LogP contribution in [0.15, 0.2) is 66.7 Å². The lowest BCUT2D eigenvalue weighted by atomic mass is 9.87. The van der Waals surface area contributed by atoms with Gasteiger partial charge in [-0.25, -0.2) is 8.78 Å². The number of carbonyl (C=O) groups excluding carboxylic acids is 1. The van der Waals surface area contributed by atoms with E-state index in [1.165, 1.54) is 11.6 Å². The van der Waals surface area contributed by atoms with Gasteiger partial charge in [-0.15, -0.1) is 0 Å². The number of nitrogens with zero attached hydrogens (tertiary/aromatic N) is 1. The average Bonchev–Trinajstić information content (AvgIpc) is 2.69. The fraction of sp³-hybridized carbons (Fsp3) is 0.136. The number of hydrogen-bond acceptors (Lipinski definition) is 1. The molecule has 4 rings (SSSR count). The van der Waals surface area contributed by atoms with Gasteiger partial charge in [0.15, 0.2) is 11.6 Å². The van der Waals surface area contributed by atoms with E-state index in [-0.39, 0.29) is 17.5 Å². The molecule has 136 valence electrons. The fourth-order valence-corrected chi connectivity index (χ4v) is 3.71. The monoisotopic (exact) mass is 383 g/mol. The number of amides is 1. The number of benzene rings is 3. The van der Waals surface area contributed by atoms with Crippen LogP contribution < -0.4 is 0 Å². The molecule has 0 aliphatic carbocycles. The first-order valence-electron chi connectivity index (χ1n) is 8.64. The molecule has 5 heteroatoms. The molecule has 1 unspecified atom stereocenters. The molecule has 3 aromatic rings. The number of halogens is 3. The summed E-state index contributed by atoms with van der Waals surface area (Å²) in [4.78, 5) is 14.8. The van der Waals surface area contributed by atoms with Crippen LogP contribution in [0.2, 0.25) is 5.02 Å². The molecule has 0 radical (unpaired) electrons. The molecule has 27 heavy (non-hydrogen) atoms. The van der Waals surface area contributed by atoms with Gasteiger partial charge in [0.05, 0.1) is 6.04 Å². The lowest BCUT2D eigenvalue weighted by Gasteiger charge is -2.38. The SMILES string of the molecule is O=C(c1ccc(F)c(F)c1)N1CCc2ccccc2C1c1ccc(Cl)cc1. The third kappa shape index (κ3) is 3.33. The van der Waals surface area contributed by atoms with Crippen molar-refractivity contribution >= 4 is 17.5 Å². The van der Waals surface area contributed by atoms with Crippen molar-refractivity contribution in [2.24, 2.45) is 0 Å². The summed E-state index contributed by atoms with van der Waals surface area (Å²) in [6, 6.07) is 18.3. The molecule has 1 amide bonds. The van der Waals surface area contributed by atoms with Crippen molar-refractivity contribution in [2.75, 3.05) is 6.54 Å². The largest absolute Gasteiger partial charge is 0.327 e. The molecule has 0 aromatic heterocycles. The van der Waals surface area contributed by atoms with Crippen molar-refractivity contribution in [3.05, 3.63) is 106 Å². The summed E-state index contributed by atoms with van der Waals surface area (Å²) in [5.41, 5.74) is 3.25. The molecular formula is C22H16ClF2NO. The first-order chi connectivity index (χ1) is 13.0. The van der Waals surface area contributed by atoms with Gasteiger partial charge in [-0.05, 0) is 53.4 Å². The maximum absolute atomic E-state index is 13.6. The van der Waals surface area contributed by atoms with Crippen LogP contribution in [0.4, 0.5) is 8.78 Å². The molecular weight excluding hydrogens is 368 g/mol. The third-order valence-corrected chi connectivity index (χ3v) is 5.15. The highest BCUT2D eigenvalue weighted by Gasteiger charge is 2.32. The van der Waals surface area contributed by atoms with E-state index in [4.69, 9.17) is 11.6 Å². The zero-order valence-corrected chi connectivity index (χ0v) is 15.1. The van der Waals surface area contributed by atoms with Crippen LogP contribution >= 0.6 is 11.6 Å². The summed E-state index contributed by atoms with van der Waals surface area (Å²) >= 11 is 6.02. The van der Waals surface area contributed by atoms with Gasteiger partial charge in [0.25, 0.3) is 5.91 Å². The van der Waals surface area contributed by atoms with Crippen LogP contribution in [0.25, 0.3) is 0 Å². The van der Waals surface area contributed by atoms with Crippen LogP contribution in [-0.4, -0.2) is 17.4 Å². The summed E-state index contributed by atoms with van der Waals surface area (Å²) in [6.07, 6.45) is 0.704. The van der Waals surface area contributed by atoms with Crippen molar-refractivity contribution in [2.45, 2.75) is 12.5 Å². The average molecular weight is 384 g/mol. The van der Waals surface area contributed by atoms with E-state index in [1.807, 2.05) is 30.3 Å². The standard InChI is InChI=1S/C22H16ClF2NO/c23-17-8-5-15(6-9-17)21-18-4-2-1-3-14(18)11-12-26(21)22(27)16-7-10-19(24)20(25)13-16/h1-10,13,21H,11-12H2. The summed E-state index contributed by atoms with van der Waals surface area (Å²) in [6.45, 7) is 0.488. The molecule has 1 aliphatic heterocycles. The van der Waals surface area contributed by atoms with Crippen molar-refractivity contribution in [1.29, 1.82) is 0 Å². The zero-order chi connectivity index (χ0) is 19.0. The smallest absolute Gasteiger partial charge is 0.254 e. The van der Waals surface area contributed by atoms with Crippen LogP contribution in [0, 0.1) is 11.6 Å². The highest BCUT2D eigenvalue weighted by molar-refractivity contribution is 6.30. The van der Waals surface area contributed by atoms with Crippen molar-refractivity contribution in [3.8, 4) is 0 Å². The molecule has 1 heterocycles. The van der Waals surface area contributed by atoms with Gasteiger partial charge in [-0.3, -0.25) is 4.79 Å². The molecule has 0 bridgehead atoms. The topological polar surface area (TPSA) is 20.3 Å². The van der Waals surface area contributed by atoms with Crippen LogP contribution in [0.3, 0.4) is 0 Å². The summed E-state index contributed by atoms with van der Waals surface area (Å²) in [7, 11) is 0. The Hall–Kier alpha value is -2.72. The van der Waals surface area contributed by atoms with E-state index in [0.29, 0.717) is 18.0 Å². The second kappa shape index (κ2) is 7.12. The van der Waals surface area contributed by atoms with E-state index >= 15 is 0 Å². The van der Waals surface area contributed by atoms with Gasteiger partial charge in [0.1, 0.15) is 0 Å². The van der Waals surface area contributed by atoms with Crippen LogP contribution in [0.1, 0.15) is 33.1 Å². The Morgan fingerprint density at radius 2 is 1.70 bits per heavy atom. The predicted octanol–water partition coefficient (Wildman–Crippen LogP) is 5.41. The van der Waals surface area contributed by atoms with E-state index in [9.17, 15) is 13.6 Å². The molecule has 0 N–H and O–H groups in total. The minimum absolute atomic E-state index is 0.132. The van der Waals surface area contributed by atoms with Crippen molar-refractivity contribution in [1.82, 2.24) is 4.90 Å². The Morgan fingerprint density at radius 3 is 2.44 bits per heavy atom. The molecule has 1 atom stereocenters. The Bertz CT molecular complexity index is 1000. The molecule has 2 nitrogen and oxygen atoms in total. The van der Waals surface area contributed by atoms with Gasteiger partial charge in [0, 0.05) is 17.1 Å². The summed E-state index contributed by atoms with van der Waals surface area (Å²) in [5, 5.41) is 0.612. The van der Waals surface area contributed by atoms with Gasteiger partial charge in [0.2, 0.25) is 0 Å². The van der Waals surface area contributed by atoms with E-state index in [0.717, 1.165) is 23.3 Å². The highest BCUT2D eigenvalue weighted by atomic mass is 35.5. The molecule has 0 saturated carbocycles. The molecule has 0 fully saturated rings. The van der Waals surface area contributed by atoms with E-state index in [1.54, 1.807) is 17.0 Å². The zero-order valence-electron chi connectivity index (χ0n) is 14.3. The maximum Gasteiger partial charge on any atom is 0.254 e. The van der Waals surface area contributed by atoms with Gasteiger partial charge < -0.3 is 4.90 Å². The second-order valence-electron chi connectivity index (χ2n) is 6.53. The number of hydrogen-bond donors (Lipinski definition) is 0. The molecule has 0 saturated heterocycles. The quantitative estimate of drug-likeness (QED) is 0.579. The van der Waals surface area contributed by atoms with Crippen LogP contribution in [-0.2, 0) is 6.42 Å². The number of rotatable bonds is 2. The summed E-state index contributed by atoms with van der Waals surface area (Å²) in [5.74, 6) is -2.32. The van der Waals surface area contributed by atoms with Gasteiger partial charge in [-0.1, -0.05) is 48.0 Å². The molecule has 1 aliphatic rings. The molecule has 0 spiro atoms. The van der Waals surface area contributed by atoms with Crippen molar-refractivity contribution < 1.29 is 13.6 Å². The minimum Gasteiger partial charge on any atom is -0.327 e. The number of fused-ring (bicyclic) bond motifs is 1. The Labute approximate surface area is 161 Å².